The summed E-state index contributed by atoms with van der Waals surface area (Å²) in [5, 5.41) is 7.12. The molecule has 0 spiro atoms. The molecule has 0 radical (unpaired) electrons. The maximum Gasteiger partial charge on any atom is 0.291 e. The van der Waals surface area contributed by atoms with Crippen molar-refractivity contribution in [3.05, 3.63) is 72.3 Å². The quantitative estimate of drug-likeness (QED) is 0.564. The number of hydrogen-bond acceptors (Lipinski definition) is 5. The lowest BCUT2D eigenvalue weighted by Crippen LogP contribution is -2.24. The number of carbonyl (C=O) groups is 1. The molecule has 9 heteroatoms. The van der Waals surface area contributed by atoms with Crippen LogP contribution in [0.3, 0.4) is 0 Å². The molecule has 1 unspecified atom stereocenters. The van der Waals surface area contributed by atoms with Gasteiger partial charge in [0.2, 0.25) is 0 Å². The third kappa shape index (κ3) is 3.18. The summed E-state index contributed by atoms with van der Waals surface area (Å²) in [6.45, 7) is 0.827. The van der Waals surface area contributed by atoms with E-state index >= 15 is 0 Å². The number of nitrogens with zero attached hydrogens (tertiary/aromatic N) is 6. The summed E-state index contributed by atoms with van der Waals surface area (Å²) in [6.07, 6.45) is 8.59. The average Bonchev–Trinajstić information content (AvgIpc) is 3.47. The maximum absolute atomic E-state index is 13.7. The van der Waals surface area contributed by atoms with Crippen LogP contribution in [0.15, 0.2) is 55.1 Å². The molecule has 5 rings (SSSR count). The first-order valence-electron chi connectivity index (χ1n) is 9.75. The Hall–Kier alpha value is -3.75. The molecule has 1 atom stereocenters. The number of imidazole rings is 1. The molecule has 0 aliphatic carbocycles. The fourth-order valence-corrected chi connectivity index (χ4v) is 3.97. The standard InChI is InChI=1S/C21H20FN7O/c1-27-11-8-23-20(27)21(30)25-16-13-24-29-10-7-18(26-19(16)29)28-9-3-6-17(28)14-4-2-5-15(22)12-14/h2,4-5,7-8,10-13,17H,3,6,9H2,1H3,(H,25,30). The molecule has 3 aromatic heterocycles. The van der Waals surface area contributed by atoms with E-state index in [0.29, 0.717) is 17.2 Å². The number of amides is 1. The Balaban J connectivity index is 1.46. The van der Waals surface area contributed by atoms with Crippen molar-refractivity contribution in [1.82, 2.24) is 24.1 Å². The van der Waals surface area contributed by atoms with Crippen LogP contribution < -0.4 is 10.2 Å². The van der Waals surface area contributed by atoms with Gasteiger partial charge in [-0.1, -0.05) is 12.1 Å². The molecule has 4 aromatic rings. The van der Waals surface area contributed by atoms with Crippen molar-refractivity contribution in [2.24, 2.45) is 7.05 Å². The van der Waals surface area contributed by atoms with E-state index in [1.807, 2.05) is 18.3 Å². The van der Waals surface area contributed by atoms with Crippen molar-refractivity contribution in [2.75, 3.05) is 16.8 Å². The molecule has 1 amide bonds. The number of hydrogen-bond donors (Lipinski definition) is 1. The molecule has 1 aliphatic rings. The van der Waals surface area contributed by atoms with E-state index in [0.717, 1.165) is 30.8 Å². The highest BCUT2D eigenvalue weighted by atomic mass is 19.1. The predicted molar refractivity (Wildman–Crippen MR) is 110 cm³/mol. The van der Waals surface area contributed by atoms with Crippen molar-refractivity contribution in [1.29, 1.82) is 0 Å². The lowest BCUT2D eigenvalue weighted by atomic mass is 10.0. The van der Waals surface area contributed by atoms with Gasteiger partial charge in [-0.2, -0.15) is 5.10 Å². The first-order chi connectivity index (χ1) is 14.6. The third-order valence-corrected chi connectivity index (χ3v) is 5.41. The lowest BCUT2D eigenvalue weighted by Gasteiger charge is -2.26. The van der Waals surface area contributed by atoms with Crippen LogP contribution >= 0.6 is 0 Å². The number of fused-ring (bicyclic) bond motifs is 1. The van der Waals surface area contributed by atoms with Crippen LogP contribution in [0.25, 0.3) is 5.65 Å². The molecule has 8 nitrogen and oxygen atoms in total. The summed E-state index contributed by atoms with van der Waals surface area (Å²) in [4.78, 5) is 23.6. The van der Waals surface area contributed by atoms with E-state index in [2.05, 4.69) is 20.3 Å². The Labute approximate surface area is 172 Å². The number of aromatic nitrogens is 5. The second-order valence-corrected chi connectivity index (χ2v) is 7.33. The maximum atomic E-state index is 13.7. The molecular weight excluding hydrogens is 385 g/mol. The van der Waals surface area contributed by atoms with Crippen LogP contribution in [0.4, 0.5) is 15.9 Å². The highest BCUT2D eigenvalue weighted by Crippen LogP contribution is 2.35. The SMILES string of the molecule is Cn1ccnc1C(=O)Nc1cnn2ccc(N3CCCC3c3cccc(F)c3)nc12. The summed E-state index contributed by atoms with van der Waals surface area (Å²) in [5.41, 5.74) is 1.98. The second kappa shape index (κ2) is 7.25. The van der Waals surface area contributed by atoms with Crippen molar-refractivity contribution >= 4 is 23.1 Å². The van der Waals surface area contributed by atoms with Crippen LogP contribution in [-0.4, -0.2) is 36.6 Å². The van der Waals surface area contributed by atoms with Gasteiger partial charge in [0.1, 0.15) is 17.3 Å². The fraction of sp³-hybridized carbons (Fsp3) is 0.238. The fourth-order valence-electron chi connectivity index (χ4n) is 3.97. The Morgan fingerprint density at radius 2 is 2.17 bits per heavy atom. The van der Waals surface area contributed by atoms with Gasteiger partial charge >= 0.3 is 0 Å². The largest absolute Gasteiger partial charge is 0.349 e. The van der Waals surface area contributed by atoms with E-state index in [9.17, 15) is 9.18 Å². The van der Waals surface area contributed by atoms with Gasteiger partial charge in [-0.25, -0.2) is 18.9 Å². The number of halogens is 1. The number of anilines is 2. The third-order valence-electron chi connectivity index (χ3n) is 5.41. The van der Waals surface area contributed by atoms with Crippen molar-refractivity contribution in [3.8, 4) is 0 Å². The second-order valence-electron chi connectivity index (χ2n) is 7.33. The molecular formula is C21H20FN7O. The number of rotatable bonds is 4. The summed E-state index contributed by atoms with van der Waals surface area (Å²) in [5.74, 6) is 0.500. The van der Waals surface area contributed by atoms with Crippen LogP contribution in [0.1, 0.15) is 35.1 Å². The smallest absolute Gasteiger partial charge is 0.291 e. The minimum Gasteiger partial charge on any atom is -0.349 e. The molecule has 0 saturated carbocycles. The Morgan fingerprint density at radius 3 is 2.97 bits per heavy atom. The summed E-state index contributed by atoms with van der Waals surface area (Å²) >= 11 is 0. The molecule has 0 bridgehead atoms. The number of aryl methyl sites for hydroxylation is 1. The zero-order valence-electron chi connectivity index (χ0n) is 16.4. The molecule has 152 valence electrons. The summed E-state index contributed by atoms with van der Waals surface area (Å²) in [7, 11) is 1.76. The van der Waals surface area contributed by atoms with Gasteiger partial charge in [-0.15, -0.1) is 0 Å². The Morgan fingerprint density at radius 1 is 1.27 bits per heavy atom. The van der Waals surface area contributed by atoms with Crippen LogP contribution in [0.5, 0.6) is 0 Å². The number of benzene rings is 1. The van der Waals surface area contributed by atoms with Crippen molar-refractivity contribution in [3.63, 3.8) is 0 Å². The Bertz CT molecular complexity index is 1230. The van der Waals surface area contributed by atoms with Gasteiger partial charge in [0.15, 0.2) is 11.5 Å². The molecule has 1 fully saturated rings. The normalized spacial score (nSPS) is 16.3. The number of carbonyl (C=O) groups excluding carboxylic acids is 1. The van der Waals surface area contributed by atoms with Crippen LogP contribution in [0, 0.1) is 5.82 Å². The van der Waals surface area contributed by atoms with E-state index in [-0.39, 0.29) is 17.8 Å². The highest BCUT2D eigenvalue weighted by molar-refractivity contribution is 6.03. The van der Waals surface area contributed by atoms with Gasteiger partial charge in [-0.05, 0) is 36.6 Å². The molecule has 1 aromatic carbocycles. The van der Waals surface area contributed by atoms with Gasteiger partial charge in [0.05, 0.1) is 12.2 Å². The molecule has 30 heavy (non-hydrogen) atoms. The predicted octanol–water partition coefficient (Wildman–Crippen LogP) is 3.20. The van der Waals surface area contributed by atoms with E-state index in [1.54, 1.807) is 46.9 Å². The molecule has 1 saturated heterocycles. The zero-order valence-corrected chi connectivity index (χ0v) is 16.4. The molecule has 1 N–H and O–H groups in total. The van der Waals surface area contributed by atoms with Gasteiger partial charge in [0.25, 0.3) is 5.91 Å². The topological polar surface area (TPSA) is 80.3 Å². The summed E-state index contributed by atoms with van der Waals surface area (Å²) in [6, 6.07) is 8.67. The van der Waals surface area contributed by atoms with Gasteiger partial charge < -0.3 is 14.8 Å². The minimum absolute atomic E-state index is 0.0594. The average molecular weight is 405 g/mol. The van der Waals surface area contributed by atoms with E-state index in [1.165, 1.54) is 6.07 Å². The van der Waals surface area contributed by atoms with Gasteiger partial charge in [0, 0.05) is 32.2 Å². The van der Waals surface area contributed by atoms with Gasteiger partial charge in [-0.3, -0.25) is 4.79 Å². The number of nitrogens with one attached hydrogen (secondary N) is 1. The first kappa shape index (κ1) is 18.3. The zero-order chi connectivity index (χ0) is 20.7. The minimum atomic E-state index is -0.330. The highest BCUT2D eigenvalue weighted by Gasteiger charge is 2.28. The first-order valence-corrected chi connectivity index (χ1v) is 9.75. The molecule has 1 aliphatic heterocycles. The van der Waals surface area contributed by atoms with Crippen LogP contribution in [-0.2, 0) is 7.05 Å². The lowest BCUT2D eigenvalue weighted by molar-refractivity contribution is 0.101. The summed E-state index contributed by atoms with van der Waals surface area (Å²) < 4.78 is 17.0. The van der Waals surface area contributed by atoms with E-state index < -0.39 is 0 Å². The van der Waals surface area contributed by atoms with Crippen molar-refractivity contribution in [2.45, 2.75) is 18.9 Å². The Kier molecular flexibility index (Phi) is 4.42. The van der Waals surface area contributed by atoms with Crippen LogP contribution in [0.2, 0.25) is 0 Å². The van der Waals surface area contributed by atoms with E-state index in [4.69, 9.17) is 4.98 Å². The van der Waals surface area contributed by atoms with Crippen molar-refractivity contribution < 1.29 is 9.18 Å². The molecule has 4 heterocycles. The monoisotopic (exact) mass is 405 g/mol.